The van der Waals surface area contributed by atoms with Crippen molar-refractivity contribution >= 4 is 5.91 Å². The SMILES string of the molecule is CCC1CCC(N(C)CCC(C)(NC)C(N)=O)CC1. The van der Waals surface area contributed by atoms with Gasteiger partial charge in [-0.1, -0.05) is 13.3 Å². The van der Waals surface area contributed by atoms with Crippen molar-refractivity contribution in [3.8, 4) is 0 Å². The summed E-state index contributed by atoms with van der Waals surface area (Å²) in [5.74, 6) is 0.663. The molecule has 0 aromatic carbocycles. The first-order valence-electron chi connectivity index (χ1n) is 7.62. The molecule has 0 radical (unpaired) electrons. The van der Waals surface area contributed by atoms with Gasteiger partial charge in [0, 0.05) is 12.6 Å². The monoisotopic (exact) mass is 269 g/mol. The molecule has 1 atom stereocenters. The quantitative estimate of drug-likeness (QED) is 0.740. The van der Waals surface area contributed by atoms with Crippen molar-refractivity contribution in [1.82, 2.24) is 10.2 Å². The fourth-order valence-corrected chi connectivity index (χ4v) is 2.95. The number of rotatable bonds is 7. The third-order valence-electron chi connectivity index (χ3n) is 5.08. The highest BCUT2D eigenvalue weighted by Crippen LogP contribution is 2.29. The van der Waals surface area contributed by atoms with E-state index in [1.54, 1.807) is 7.05 Å². The van der Waals surface area contributed by atoms with Gasteiger partial charge in [-0.3, -0.25) is 4.79 Å². The van der Waals surface area contributed by atoms with E-state index in [4.69, 9.17) is 5.73 Å². The first kappa shape index (κ1) is 16.4. The lowest BCUT2D eigenvalue weighted by Gasteiger charge is -2.36. The zero-order valence-corrected chi connectivity index (χ0v) is 13.0. The Hall–Kier alpha value is -0.610. The van der Waals surface area contributed by atoms with Gasteiger partial charge in [-0.25, -0.2) is 0 Å². The van der Waals surface area contributed by atoms with Crippen LogP contribution < -0.4 is 11.1 Å². The molecular weight excluding hydrogens is 238 g/mol. The summed E-state index contributed by atoms with van der Waals surface area (Å²) in [6.45, 7) is 5.10. The van der Waals surface area contributed by atoms with Crippen LogP contribution in [0.4, 0.5) is 0 Å². The van der Waals surface area contributed by atoms with Crippen LogP contribution in [0.2, 0.25) is 0 Å². The molecule has 1 aliphatic carbocycles. The van der Waals surface area contributed by atoms with Crippen LogP contribution in [-0.4, -0.2) is 43.0 Å². The molecule has 1 aliphatic rings. The molecule has 4 heteroatoms. The van der Waals surface area contributed by atoms with Gasteiger partial charge in [-0.05, 0) is 59.0 Å². The second-order valence-corrected chi connectivity index (χ2v) is 6.26. The highest BCUT2D eigenvalue weighted by atomic mass is 16.1. The van der Waals surface area contributed by atoms with E-state index in [1.165, 1.54) is 32.1 Å². The van der Waals surface area contributed by atoms with E-state index in [1.807, 2.05) is 6.92 Å². The molecule has 0 aromatic heterocycles. The second-order valence-electron chi connectivity index (χ2n) is 6.26. The average Bonchev–Trinajstić information content (AvgIpc) is 2.44. The summed E-state index contributed by atoms with van der Waals surface area (Å²) in [6.07, 6.45) is 7.37. The molecule has 4 nitrogen and oxygen atoms in total. The van der Waals surface area contributed by atoms with Crippen molar-refractivity contribution in [2.75, 3.05) is 20.6 Å². The Morgan fingerprint density at radius 3 is 2.37 bits per heavy atom. The third-order valence-corrected chi connectivity index (χ3v) is 5.08. The van der Waals surface area contributed by atoms with Crippen molar-refractivity contribution in [3.63, 3.8) is 0 Å². The van der Waals surface area contributed by atoms with Crippen molar-refractivity contribution in [2.45, 2.75) is 64.0 Å². The van der Waals surface area contributed by atoms with Gasteiger partial charge in [-0.15, -0.1) is 0 Å². The van der Waals surface area contributed by atoms with Crippen LogP contribution in [0, 0.1) is 5.92 Å². The summed E-state index contributed by atoms with van der Waals surface area (Å²) < 4.78 is 0. The zero-order valence-electron chi connectivity index (χ0n) is 13.0. The Labute approximate surface area is 118 Å². The molecule has 0 heterocycles. The second kappa shape index (κ2) is 7.25. The first-order chi connectivity index (χ1) is 8.92. The smallest absolute Gasteiger partial charge is 0.237 e. The van der Waals surface area contributed by atoms with Crippen LogP contribution >= 0.6 is 0 Å². The number of nitrogens with two attached hydrogens (primary N) is 1. The van der Waals surface area contributed by atoms with Crippen molar-refractivity contribution in [3.05, 3.63) is 0 Å². The highest BCUT2D eigenvalue weighted by molar-refractivity contribution is 5.84. The van der Waals surface area contributed by atoms with Gasteiger partial charge < -0.3 is 16.0 Å². The number of carbonyl (C=O) groups excluding carboxylic acids is 1. The van der Waals surface area contributed by atoms with Gasteiger partial charge in [0.15, 0.2) is 0 Å². The molecule has 19 heavy (non-hydrogen) atoms. The summed E-state index contributed by atoms with van der Waals surface area (Å²) in [6, 6.07) is 0.678. The van der Waals surface area contributed by atoms with Crippen molar-refractivity contribution < 1.29 is 4.79 Å². The zero-order chi connectivity index (χ0) is 14.5. The van der Waals surface area contributed by atoms with Crippen LogP contribution in [0.5, 0.6) is 0 Å². The van der Waals surface area contributed by atoms with E-state index < -0.39 is 5.54 Å². The Kier molecular flexibility index (Phi) is 6.27. The molecule has 0 aliphatic heterocycles. The number of nitrogens with one attached hydrogen (secondary N) is 1. The lowest BCUT2D eigenvalue weighted by atomic mass is 9.84. The van der Waals surface area contributed by atoms with E-state index in [-0.39, 0.29) is 5.91 Å². The number of carbonyl (C=O) groups is 1. The van der Waals surface area contributed by atoms with Gasteiger partial charge in [-0.2, -0.15) is 0 Å². The van der Waals surface area contributed by atoms with Crippen molar-refractivity contribution in [2.24, 2.45) is 11.7 Å². The molecule has 1 rings (SSSR count). The number of hydrogen-bond donors (Lipinski definition) is 2. The highest BCUT2D eigenvalue weighted by Gasteiger charge is 2.30. The van der Waals surface area contributed by atoms with Crippen LogP contribution in [0.3, 0.4) is 0 Å². The first-order valence-corrected chi connectivity index (χ1v) is 7.62. The number of primary amides is 1. The molecule has 0 spiro atoms. The average molecular weight is 269 g/mol. The maximum absolute atomic E-state index is 11.5. The third kappa shape index (κ3) is 4.46. The molecule has 1 saturated carbocycles. The van der Waals surface area contributed by atoms with Gasteiger partial charge in [0.1, 0.15) is 0 Å². The minimum Gasteiger partial charge on any atom is -0.368 e. The molecule has 3 N–H and O–H groups in total. The van der Waals surface area contributed by atoms with Gasteiger partial charge in [0.25, 0.3) is 0 Å². The Bertz CT molecular complexity index is 287. The summed E-state index contributed by atoms with van der Waals surface area (Å²) in [5, 5.41) is 3.05. The normalized spacial score (nSPS) is 27.2. The predicted molar refractivity (Wildman–Crippen MR) is 79.9 cm³/mol. The van der Waals surface area contributed by atoms with E-state index >= 15 is 0 Å². The van der Waals surface area contributed by atoms with E-state index in [0.29, 0.717) is 6.04 Å². The van der Waals surface area contributed by atoms with E-state index in [0.717, 1.165) is 18.9 Å². The van der Waals surface area contributed by atoms with Crippen LogP contribution in [0.15, 0.2) is 0 Å². The molecule has 1 fully saturated rings. The van der Waals surface area contributed by atoms with E-state index in [2.05, 4.69) is 24.2 Å². The number of hydrogen-bond acceptors (Lipinski definition) is 3. The molecule has 0 saturated heterocycles. The fraction of sp³-hybridized carbons (Fsp3) is 0.933. The molecule has 1 unspecified atom stereocenters. The standard InChI is InChI=1S/C15H31N3O/c1-5-12-6-8-13(9-7-12)18(4)11-10-15(2,17-3)14(16)19/h12-13,17H,5-11H2,1-4H3,(H2,16,19). The minimum atomic E-state index is -0.588. The lowest BCUT2D eigenvalue weighted by molar-refractivity contribution is -0.124. The molecule has 1 amide bonds. The fourth-order valence-electron chi connectivity index (χ4n) is 2.95. The largest absolute Gasteiger partial charge is 0.368 e. The Morgan fingerprint density at radius 2 is 1.95 bits per heavy atom. The number of likely N-dealkylation sites (N-methyl/N-ethyl adjacent to an activating group) is 1. The lowest BCUT2D eigenvalue weighted by Crippen LogP contribution is -2.53. The minimum absolute atomic E-state index is 0.266. The van der Waals surface area contributed by atoms with Gasteiger partial charge in [0.05, 0.1) is 5.54 Å². The molecule has 112 valence electrons. The summed E-state index contributed by atoms with van der Waals surface area (Å²) in [7, 11) is 3.98. The number of nitrogens with zero attached hydrogens (tertiary/aromatic N) is 1. The van der Waals surface area contributed by atoms with Crippen LogP contribution in [0.1, 0.15) is 52.4 Å². The summed E-state index contributed by atoms with van der Waals surface area (Å²) in [5.41, 5.74) is 4.87. The summed E-state index contributed by atoms with van der Waals surface area (Å²) in [4.78, 5) is 13.9. The Morgan fingerprint density at radius 1 is 1.37 bits per heavy atom. The molecule has 0 aromatic rings. The number of amides is 1. The van der Waals surface area contributed by atoms with E-state index in [9.17, 15) is 4.79 Å². The molecule has 0 bridgehead atoms. The summed E-state index contributed by atoms with van der Waals surface area (Å²) >= 11 is 0. The predicted octanol–water partition coefficient (Wildman–Crippen LogP) is 1.74. The topological polar surface area (TPSA) is 58.4 Å². The molecular formula is C15H31N3O. The Balaban J connectivity index is 2.39. The van der Waals surface area contributed by atoms with Crippen LogP contribution in [-0.2, 0) is 4.79 Å². The maximum Gasteiger partial charge on any atom is 0.237 e. The van der Waals surface area contributed by atoms with Gasteiger partial charge >= 0.3 is 0 Å². The van der Waals surface area contributed by atoms with Gasteiger partial charge in [0.2, 0.25) is 5.91 Å². The maximum atomic E-state index is 11.5. The van der Waals surface area contributed by atoms with Crippen LogP contribution in [0.25, 0.3) is 0 Å². The van der Waals surface area contributed by atoms with Crippen molar-refractivity contribution in [1.29, 1.82) is 0 Å².